The van der Waals surface area contributed by atoms with Crippen molar-refractivity contribution in [1.82, 2.24) is 0 Å². The lowest BCUT2D eigenvalue weighted by Crippen LogP contribution is -2.28. The second-order valence-electron chi connectivity index (χ2n) is 5.68. The van der Waals surface area contributed by atoms with E-state index in [4.69, 9.17) is 10.5 Å². The molecule has 2 N–H and O–H groups in total. The molecule has 0 bridgehead atoms. The van der Waals surface area contributed by atoms with Gasteiger partial charge in [0, 0.05) is 18.6 Å². The average molecular weight is 245 g/mol. The molecule has 3 unspecified atom stereocenters. The van der Waals surface area contributed by atoms with E-state index < -0.39 is 0 Å². The molecule has 1 aliphatic carbocycles. The Morgan fingerprint density at radius 1 is 1.33 bits per heavy atom. The average Bonchev–Trinajstić information content (AvgIpc) is 3.05. The summed E-state index contributed by atoms with van der Waals surface area (Å²) in [5, 5.41) is 0. The highest BCUT2D eigenvalue weighted by Crippen LogP contribution is 2.34. The summed E-state index contributed by atoms with van der Waals surface area (Å²) in [6.07, 6.45) is 6.31. The molecule has 2 nitrogen and oxygen atoms in total. The maximum Gasteiger partial charge on any atom is 0.0619 e. The fraction of sp³-hybridized carbons (Fsp3) is 0.625. The molecule has 1 saturated heterocycles. The van der Waals surface area contributed by atoms with Crippen LogP contribution in [-0.2, 0) is 17.6 Å². The Bertz CT molecular complexity index is 429. The monoisotopic (exact) mass is 245 g/mol. The maximum absolute atomic E-state index is 6.48. The quantitative estimate of drug-likeness (QED) is 0.888. The van der Waals surface area contributed by atoms with Gasteiger partial charge in [0.25, 0.3) is 0 Å². The smallest absolute Gasteiger partial charge is 0.0619 e. The molecule has 0 aromatic heterocycles. The summed E-state index contributed by atoms with van der Waals surface area (Å²) < 4.78 is 5.77. The molecule has 0 amide bonds. The first-order chi connectivity index (χ1) is 8.79. The standard InChI is InChI=1S/C16H23NO/c1-2-15-14(8-9-18-15)16(17)13-7-6-11-4-3-5-12(11)10-13/h6-7,10,14-16H,2-5,8-9,17H2,1H3. The molecule has 3 atom stereocenters. The van der Waals surface area contributed by atoms with Crippen LogP contribution < -0.4 is 5.73 Å². The van der Waals surface area contributed by atoms with Crippen LogP contribution in [-0.4, -0.2) is 12.7 Å². The van der Waals surface area contributed by atoms with Crippen molar-refractivity contribution in [2.45, 2.75) is 51.2 Å². The Labute approximate surface area is 110 Å². The summed E-state index contributed by atoms with van der Waals surface area (Å²) in [7, 11) is 0. The Morgan fingerprint density at radius 3 is 3.00 bits per heavy atom. The molecule has 0 saturated carbocycles. The van der Waals surface area contributed by atoms with Crippen LogP contribution in [0.3, 0.4) is 0 Å². The van der Waals surface area contributed by atoms with E-state index in [0.717, 1.165) is 19.4 Å². The Morgan fingerprint density at radius 2 is 2.17 bits per heavy atom. The van der Waals surface area contributed by atoms with E-state index in [-0.39, 0.29) is 6.04 Å². The minimum Gasteiger partial charge on any atom is -0.378 e. The number of hydrogen-bond donors (Lipinski definition) is 1. The molecule has 1 fully saturated rings. The highest BCUT2D eigenvalue weighted by Gasteiger charge is 2.32. The summed E-state index contributed by atoms with van der Waals surface area (Å²) in [4.78, 5) is 0. The summed E-state index contributed by atoms with van der Waals surface area (Å²) >= 11 is 0. The summed E-state index contributed by atoms with van der Waals surface area (Å²) in [6, 6.07) is 7.01. The van der Waals surface area contributed by atoms with Gasteiger partial charge in [0.1, 0.15) is 0 Å². The number of aryl methyl sites for hydroxylation is 2. The van der Waals surface area contributed by atoms with Crippen LogP contribution in [0.1, 0.15) is 48.9 Å². The number of benzene rings is 1. The van der Waals surface area contributed by atoms with Crippen molar-refractivity contribution in [3.8, 4) is 0 Å². The molecular formula is C16H23NO. The van der Waals surface area contributed by atoms with Gasteiger partial charge in [-0.2, -0.15) is 0 Å². The Hall–Kier alpha value is -0.860. The predicted molar refractivity (Wildman–Crippen MR) is 73.5 cm³/mol. The molecule has 2 heteroatoms. The fourth-order valence-electron chi connectivity index (χ4n) is 3.54. The van der Waals surface area contributed by atoms with E-state index in [1.807, 2.05) is 0 Å². The van der Waals surface area contributed by atoms with Gasteiger partial charge in [0.2, 0.25) is 0 Å². The number of ether oxygens (including phenoxy) is 1. The van der Waals surface area contributed by atoms with Crippen LogP contribution >= 0.6 is 0 Å². The van der Waals surface area contributed by atoms with Gasteiger partial charge in [-0.15, -0.1) is 0 Å². The zero-order valence-electron chi connectivity index (χ0n) is 11.2. The van der Waals surface area contributed by atoms with Gasteiger partial charge < -0.3 is 10.5 Å². The second kappa shape index (κ2) is 5.02. The first-order valence-electron chi connectivity index (χ1n) is 7.28. The second-order valence-corrected chi connectivity index (χ2v) is 5.68. The molecule has 1 aromatic carbocycles. The molecule has 0 radical (unpaired) electrons. The van der Waals surface area contributed by atoms with Gasteiger partial charge in [-0.1, -0.05) is 25.1 Å². The van der Waals surface area contributed by atoms with Crippen molar-refractivity contribution in [2.75, 3.05) is 6.61 Å². The topological polar surface area (TPSA) is 35.2 Å². The van der Waals surface area contributed by atoms with Crippen LogP contribution in [0.15, 0.2) is 18.2 Å². The van der Waals surface area contributed by atoms with Gasteiger partial charge in [-0.05, 0) is 48.8 Å². The number of fused-ring (bicyclic) bond motifs is 1. The molecular weight excluding hydrogens is 222 g/mol. The zero-order valence-corrected chi connectivity index (χ0v) is 11.2. The van der Waals surface area contributed by atoms with Gasteiger partial charge in [-0.25, -0.2) is 0 Å². The largest absolute Gasteiger partial charge is 0.378 e. The van der Waals surface area contributed by atoms with Gasteiger partial charge in [0.15, 0.2) is 0 Å². The van der Waals surface area contributed by atoms with Crippen LogP contribution in [0.2, 0.25) is 0 Å². The molecule has 1 aliphatic heterocycles. The van der Waals surface area contributed by atoms with Gasteiger partial charge >= 0.3 is 0 Å². The molecule has 1 heterocycles. The molecule has 0 spiro atoms. The lowest BCUT2D eigenvalue weighted by molar-refractivity contribution is 0.0813. The van der Waals surface area contributed by atoms with Gasteiger partial charge in [-0.3, -0.25) is 0 Å². The third-order valence-corrected chi connectivity index (χ3v) is 4.63. The SMILES string of the molecule is CCC1OCCC1C(N)c1ccc2c(c1)CCC2. The third-order valence-electron chi connectivity index (χ3n) is 4.63. The van der Waals surface area contributed by atoms with E-state index in [1.54, 1.807) is 0 Å². The maximum atomic E-state index is 6.48. The summed E-state index contributed by atoms with van der Waals surface area (Å²) in [5.74, 6) is 0.495. The Kier molecular flexibility index (Phi) is 3.40. The molecule has 98 valence electrons. The Balaban J connectivity index is 1.81. The molecule has 3 rings (SSSR count). The van der Waals surface area contributed by atoms with Crippen molar-refractivity contribution in [2.24, 2.45) is 11.7 Å². The van der Waals surface area contributed by atoms with Crippen molar-refractivity contribution in [3.63, 3.8) is 0 Å². The number of rotatable bonds is 3. The van der Waals surface area contributed by atoms with Crippen LogP contribution in [0, 0.1) is 5.92 Å². The fourth-order valence-corrected chi connectivity index (χ4v) is 3.54. The van der Waals surface area contributed by atoms with E-state index in [1.165, 1.54) is 36.0 Å². The minimum absolute atomic E-state index is 0.142. The highest BCUT2D eigenvalue weighted by atomic mass is 16.5. The zero-order chi connectivity index (χ0) is 12.5. The van der Waals surface area contributed by atoms with Crippen molar-refractivity contribution < 1.29 is 4.74 Å². The first-order valence-corrected chi connectivity index (χ1v) is 7.28. The van der Waals surface area contributed by atoms with Crippen LogP contribution in [0.4, 0.5) is 0 Å². The minimum atomic E-state index is 0.142. The molecule has 1 aromatic rings. The number of hydrogen-bond acceptors (Lipinski definition) is 2. The first kappa shape index (κ1) is 12.2. The predicted octanol–water partition coefficient (Wildman–Crippen LogP) is 2.99. The normalized spacial score (nSPS) is 28.3. The molecule has 18 heavy (non-hydrogen) atoms. The van der Waals surface area contributed by atoms with Crippen molar-refractivity contribution >= 4 is 0 Å². The van der Waals surface area contributed by atoms with E-state index in [2.05, 4.69) is 25.1 Å². The summed E-state index contributed by atoms with van der Waals surface area (Å²) in [6.45, 7) is 3.07. The third kappa shape index (κ3) is 2.08. The van der Waals surface area contributed by atoms with E-state index in [9.17, 15) is 0 Å². The van der Waals surface area contributed by atoms with Gasteiger partial charge in [0.05, 0.1) is 6.10 Å². The lowest BCUT2D eigenvalue weighted by atomic mass is 9.86. The highest BCUT2D eigenvalue weighted by molar-refractivity contribution is 5.36. The number of nitrogens with two attached hydrogens (primary N) is 1. The summed E-state index contributed by atoms with van der Waals surface area (Å²) in [5.41, 5.74) is 10.8. The van der Waals surface area contributed by atoms with Crippen molar-refractivity contribution in [3.05, 3.63) is 34.9 Å². The lowest BCUT2D eigenvalue weighted by Gasteiger charge is -2.24. The van der Waals surface area contributed by atoms with Crippen LogP contribution in [0.25, 0.3) is 0 Å². The van der Waals surface area contributed by atoms with Crippen molar-refractivity contribution in [1.29, 1.82) is 0 Å². The van der Waals surface area contributed by atoms with E-state index in [0.29, 0.717) is 12.0 Å². The van der Waals surface area contributed by atoms with E-state index >= 15 is 0 Å². The molecule has 2 aliphatic rings. The van der Waals surface area contributed by atoms with Crippen LogP contribution in [0.5, 0.6) is 0 Å².